The molecule has 0 radical (unpaired) electrons. The maximum Gasteiger partial charge on any atom is 0.229 e. The van der Waals surface area contributed by atoms with Crippen LogP contribution in [0.25, 0.3) is 11.3 Å². The Balaban J connectivity index is 1.65. The summed E-state index contributed by atoms with van der Waals surface area (Å²) >= 11 is 1.43. The van der Waals surface area contributed by atoms with E-state index < -0.39 is 0 Å². The zero-order chi connectivity index (χ0) is 15.4. The summed E-state index contributed by atoms with van der Waals surface area (Å²) < 4.78 is 12.8. The number of halogens is 1. The van der Waals surface area contributed by atoms with E-state index in [0.29, 0.717) is 0 Å². The number of anilines is 1. The molecule has 0 aliphatic heterocycles. The van der Waals surface area contributed by atoms with Crippen LogP contribution in [0.3, 0.4) is 0 Å². The molecule has 0 fully saturated rings. The molecule has 0 aliphatic rings. The topological polar surface area (TPSA) is 54.9 Å². The van der Waals surface area contributed by atoms with Crippen LogP contribution in [0, 0.1) is 5.82 Å². The molecular weight excluding hydrogens is 301 g/mol. The number of benzene rings is 1. The molecule has 0 aliphatic carbocycles. The zero-order valence-corrected chi connectivity index (χ0v) is 12.3. The summed E-state index contributed by atoms with van der Waals surface area (Å²) in [5, 5.41) is 5.51. The highest BCUT2D eigenvalue weighted by atomic mass is 32.1. The Morgan fingerprint density at radius 2 is 2.05 bits per heavy atom. The molecule has 0 bridgehead atoms. The average molecular weight is 313 g/mol. The van der Waals surface area contributed by atoms with Crippen molar-refractivity contribution in [1.82, 2.24) is 9.97 Å². The molecule has 4 nitrogen and oxygen atoms in total. The third-order valence-corrected chi connectivity index (χ3v) is 3.86. The van der Waals surface area contributed by atoms with Crippen molar-refractivity contribution in [2.75, 3.05) is 5.32 Å². The van der Waals surface area contributed by atoms with Crippen LogP contribution >= 0.6 is 11.3 Å². The third kappa shape index (κ3) is 3.53. The fourth-order valence-corrected chi connectivity index (χ4v) is 2.78. The minimum Gasteiger partial charge on any atom is -0.317 e. The van der Waals surface area contributed by atoms with Gasteiger partial charge in [0, 0.05) is 17.1 Å². The predicted octanol–water partition coefficient (Wildman–Crippen LogP) is 3.53. The lowest BCUT2D eigenvalue weighted by Crippen LogP contribution is -2.13. The minimum absolute atomic E-state index is 0.136. The number of hydrogen-bond acceptors (Lipinski definition) is 4. The summed E-state index contributed by atoms with van der Waals surface area (Å²) in [4.78, 5) is 20.0. The van der Waals surface area contributed by atoms with Crippen LogP contribution in [0.2, 0.25) is 0 Å². The molecule has 6 heteroatoms. The first kappa shape index (κ1) is 14.3. The molecule has 22 heavy (non-hydrogen) atoms. The van der Waals surface area contributed by atoms with Gasteiger partial charge in [-0.15, -0.1) is 11.3 Å². The van der Waals surface area contributed by atoms with E-state index in [4.69, 9.17) is 0 Å². The zero-order valence-electron chi connectivity index (χ0n) is 11.5. The van der Waals surface area contributed by atoms with Crippen LogP contribution in [-0.4, -0.2) is 15.9 Å². The van der Waals surface area contributed by atoms with E-state index in [0.717, 1.165) is 21.8 Å². The number of carbonyl (C=O) groups is 1. The van der Waals surface area contributed by atoms with Gasteiger partial charge in [0.2, 0.25) is 5.91 Å². The first-order valence-electron chi connectivity index (χ1n) is 6.60. The van der Waals surface area contributed by atoms with Crippen LogP contribution in [0.15, 0.2) is 54.3 Å². The van der Waals surface area contributed by atoms with Gasteiger partial charge in [-0.3, -0.25) is 4.79 Å². The number of nitrogens with one attached hydrogen (secondary N) is 1. The Hall–Kier alpha value is -2.60. The Morgan fingerprint density at radius 1 is 1.23 bits per heavy atom. The van der Waals surface area contributed by atoms with Gasteiger partial charge in [-0.2, -0.15) is 0 Å². The highest BCUT2D eigenvalue weighted by molar-refractivity contribution is 7.14. The second-order valence-electron chi connectivity index (χ2n) is 4.65. The molecule has 3 rings (SSSR count). The number of carbonyl (C=O) groups excluding carboxylic acids is 1. The molecule has 0 saturated heterocycles. The highest BCUT2D eigenvalue weighted by Gasteiger charge is 2.08. The lowest BCUT2D eigenvalue weighted by atomic mass is 10.1. The normalized spacial score (nSPS) is 10.4. The van der Waals surface area contributed by atoms with Crippen LogP contribution in [-0.2, 0) is 11.2 Å². The first-order chi connectivity index (χ1) is 10.7. The minimum atomic E-state index is -0.308. The van der Waals surface area contributed by atoms with Gasteiger partial charge in [0.1, 0.15) is 12.1 Å². The van der Waals surface area contributed by atoms with E-state index in [1.165, 1.54) is 29.8 Å². The van der Waals surface area contributed by atoms with Gasteiger partial charge in [-0.25, -0.2) is 14.4 Å². The van der Waals surface area contributed by atoms with Crippen molar-refractivity contribution in [2.45, 2.75) is 6.42 Å². The van der Waals surface area contributed by atoms with Crippen LogP contribution < -0.4 is 5.32 Å². The molecule has 0 unspecified atom stereocenters. The van der Waals surface area contributed by atoms with E-state index >= 15 is 0 Å². The largest absolute Gasteiger partial charge is 0.317 e. The molecule has 110 valence electrons. The summed E-state index contributed by atoms with van der Waals surface area (Å²) in [6.45, 7) is 0. The van der Waals surface area contributed by atoms with E-state index in [1.54, 1.807) is 18.3 Å². The highest BCUT2D eigenvalue weighted by Crippen LogP contribution is 2.27. The number of aromatic nitrogens is 2. The molecule has 0 spiro atoms. The third-order valence-electron chi connectivity index (χ3n) is 3.02. The smallest absolute Gasteiger partial charge is 0.229 e. The number of amides is 1. The number of nitrogens with zero attached hydrogens (tertiary/aromatic N) is 2. The molecular formula is C16H12FN3OS. The standard InChI is InChI=1S/C16H12FN3OS/c17-13-3-1-11(2-4-13)7-15(21)20-16-8-12(9-22-16)14-5-6-18-10-19-14/h1-6,8-10H,7H2,(H,20,21). The maximum atomic E-state index is 12.8. The quantitative estimate of drug-likeness (QED) is 0.801. The molecule has 1 N–H and O–H groups in total. The molecule has 0 saturated carbocycles. The van der Waals surface area contributed by atoms with E-state index in [9.17, 15) is 9.18 Å². The lowest BCUT2D eigenvalue weighted by Gasteiger charge is -2.02. The summed E-state index contributed by atoms with van der Waals surface area (Å²) in [7, 11) is 0. The number of hydrogen-bond donors (Lipinski definition) is 1. The molecule has 2 aromatic heterocycles. The monoisotopic (exact) mass is 313 g/mol. The van der Waals surface area contributed by atoms with Gasteiger partial charge >= 0.3 is 0 Å². The summed E-state index contributed by atoms with van der Waals surface area (Å²) in [6, 6.07) is 9.59. The molecule has 3 aromatic rings. The van der Waals surface area contributed by atoms with Gasteiger partial charge in [-0.1, -0.05) is 12.1 Å². The molecule has 1 aromatic carbocycles. The van der Waals surface area contributed by atoms with Crippen molar-refractivity contribution in [1.29, 1.82) is 0 Å². The van der Waals surface area contributed by atoms with Crippen LogP contribution in [0.5, 0.6) is 0 Å². The first-order valence-corrected chi connectivity index (χ1v) is 7.48. The van der Waals surface area contributed by atoms with Crippen LogP contribution in [0.4, 0.5) is 9.39 Å². The van der Waals surface area contributed by atoms with Crippen molar-refractivity contribution >= 4 is 22.2 Å². The Bertz CT molecular complexity index is 772. The average Bonchev–Trinajstić information content (AvgIpc) is 2.99. The van der Waals surface area contributed by atoms with Crippen LogP contribution in [0.1, 0.15) is 5.56 Å². The Morgan fingerprint density at radius 3 is 2.77 bits per heavy atom. The Labute approximate surface area is 130 Å². The second kappa shape index (κ2) is 6.44. The van der Waals surface area contributed by atoms with E-state index in [2.05, 4.69) is 15.3 Å². The fraction of sp³-hybridized carbons (Fsp3) is 0.0625. The maximum absolute atomic E-state index is 12.8. The van der Waals surface area contributed by atoms with Crippen molar-refractivity contribution in [3.8, 4) is 11.3 Å². The second-order valence-corrected chi connectivity index (χ2v) is 5.56. The molecule has 1 amide bonds. The van der Waals surface area contributed by atoms with Crippen molar-refractivity contribution in [2.24, 2.45) is 0 Å². The van der Waals surface area contributed by atoms with Gasteiger partial charge in [0.05, 0.1) is 17.1 Å². The number of rotatable bonds is 4. The van der Waals surface area contributed by atoms with Crippen molar-refractivity contribution < 1.29 is 9.18 Å². The van der Waals surface area contributed by atoms with Gasteiger partial charge in [-0.05, 0) is 29.8 Å². The summed E-state index contributed by atoms with van der Waals surface area (Å²) in [5.41, 5.74) is 2.52. The van der Waals surface area contributed by atoms with E-state index in [1.807, 2.05) is 17.5 Å². The van der Waals surface area contributed by atoms with E-state index in [-0.39, 0.29) is 18.1 Å². The number of thiophene rings is 1. The van der Waals surface area contributed by atoms with Crippen molar-refractivity contribution in [3.05, 3.63) is 65.7 Å². The SMILES string of the molecule is O=C(Cc1ccc(F)cc1)Nc1cc(-c2ccncn2)cs1. The van der Waals surface area contributed by atoms with Gasteiger partial charge in [0.15, 0.2) is 0 Å². The van der Waals surface area contributed by atoms with Gasteiger partial charge in [0.25, 0.3) is 0 Å². The molecule has 0 atom stereocenters. The predicted molar refractivity (Wildman–Crippen MR) is 84.1 cm³/mol. The summed E-state index contributed by atoms with van der Waals surface area (Å²) in [5.74, 6) is -0.445. The molecule has 2 heterocycles. The van der Waals surface area contributed by atoms with Crippen molar-refractivity contribution in [3.63, 3.8) is 0 Å². The fourth-order valence-electron chi connectivity index (χ4n) is 1.97. The Kier molecular flexibility index (Phi) is 4.20. The lowest BCUT2D eigenvalue weighted by molar-refractivity contribution is -0.115. The van der Waals surface area contributed by atoms with Gasteiger partial charge < -0.3 is 5.32 Å². The summed E-state index contributed by atoms with van der Waals surface area (Å²) in [6.07, 6.45) is 3.37.